The molecule has 0 spiro atoms. The Morgan fingerprint density at radius 2 is 2.00 bits per heavy atom. The van der Waals surface area contributed by atoms with E-state index < -0.39 is 6.09 Å². The number of nitrogens with zero attached hydrogens (tertiary/aromatic N) is 2. The molecule has 4 N–H and O–H groups in total. The van der Waals surface area contributed by atoms with Crippen molar-refractivity contribution in [1.29, 1.82) is 0 Å². The number of aromatic nitrogens is 2. The minimum Gasteiger partial charge on any atom is -0.497 e. The van der Waals surface area contributed by atoms with Gasteiger partial charge >= 0.3 is 6.09 Å². The summed E-state index contributed by atoms with van der Waals surface area (Å²) in [6.45, 7) is 8.65. The third kappa shape index (κ3) is 9.94. The highest BCUT2D eigenvalue weighted by Gasteiger charge is 2.08. The molecule has 1 atom stereocenters. The summed E-state index contributed by atoms with van der Waals surface area (Å²) in [5.41, 5.74) is 3.26. The van der Waals surface area contributed by atoms with Crippen molar-refractivity contribution in [2.24, 2.45) is 0 Å². The Hall–Kier alpha value is -2.58. The third-order valence-electron chi connectivity index (χ3n) is 3.99. The van der Waals surface area contributed by atoms with Crippen molar-refractivity contribution in [3.8, 4) is 5.75 Å². The second-order valence-corrected chi connectivity index (χ2v) is 6.55. The summed E-state index contributed by atoms with van der Waals surface area (Å²) in [4.78, 5) is 10.1. The van der Waals surface area contributed by atoms with Crippen molar-refractivity contribution in [2.45, 2.75) is 39.8 Å². The number of hydrogen-bond donors (Lipinski definition) is 4. The molecule has 2 heterocycles. The molecule has 1 aromatic carbocycles. The number of aliphatic hydroxyl groups is 1. The molecular weight excluding hydrogens is 360 g/mol. The van der Waals surface area contributed by atoms with Crippen molar-refractivity contribution in [3.05, 3.63) is 47.3 Å². The molecule has 8 heteroatoms. The van der Waals surface area contributed by atoms with Crippen LogP contribution in [0, 0.1) is 20.8 Å². The highest BCUT2D eigenvalue weighted by atomic mass is 16.5. The van der Waals surface area contributed by atoms with Gasteiger partial charge in [0.15, 0.2) is 0 Å². The van der Waals surface area contributed by atoms with Gasteiger partial charge in [0.25, 0.3) is 0 Å². The lowest BCUT2D eigenvalue weighted by Crippen LogP contribution is -2.25. The fraction of sp³-hybridized carbons (Fsp3) is 0.500. The van der Waals surface area contributed by atoms with Crippen LogP contribution in [0.3, 0.4) is 0 Å². The predicted molar refractivity (Wildman–Crippen MR) is 109 cm³/mol. The van der Waals surface area contributed by atoms with Crippen molar-refractivity contribution < 1.29 is 19.7 Å². The number of aryl methyl sites for hydroxylation is 3. The van der Waals surface area contributed by atoms with Crippen LogP contribution in [0.2, 0.25) is 0 Å². The first-order valence-electron chi connectivity index (χ1n) is 9.29. The fourth-order valence-electron chi connectivity index (χ4n) is 2.48. The molecule has 1 amide bonds. The molecular formula is C20H32N4O4. The van der Waals surface area contributed by atoms with Gasteiger partial charge in [-0.3, -0.25) is 4.68 Å². The summed E-state index contributed by atoms with van der Waals surface area (Å²) in [5, 5.41) is 26.5. The number of hydrogen-bond acceptors (Lipinski definition) is 5. The molecule has 2 aromatic rings. The van der Waals surface area contributed by atoms with Gasteiger partial charge in [0.1, 0.15) is 5.75 Å². The summed E-state index contributed by atoms with van der Waals surface area (Å²) < 4.78 is 6.75. The molecule has 0 radical (unpaired) electrons. The number of ether oxygens (including phenoxy) is 1. The zero-order valence-electron chi connectivity index (χ0n) is 17.1. The average Bonchev–Trinajstić information content (AvgIpc) is 3.25. The van der Waals surface area contributed by atoms with Crippen LogP contribution < -0.4 is 15.4 Å². The van der Waals surface area contributed by atoms with E-state index in [4.69, 9.17) is 14.9 Å². The minimum absolute atomic E-state index is 0.0648. The highest BCUT2D eigenvalue weighted by molar-refractivity contribution is 5.64. The Labute approximate surface area is 166 Å². The van der Waals surface area contributed by atoms with E-state index in [0.29, 0.717) is 13.1 Å². The highest BCUT2D eigenvalue weighted by Crippen LogP contribution is 2.09. The number of carboxylic acid groups (broad SMARTS) is 1. The van der Waals surface area contributed by atoms with Gasteiger partial charge in [-0.05, 0) is 51.9 Å². The topological polar surface area (TPSA) is 109 Å². The molecule has 0 aliphatic carbocycles. The van der Waals surface area contributed by atoms with Crippen molar-refractivity contribution >= 4 is 6.09 Å². The third-order valence-corrected chi connectivity index (χ3v) is 3.99. The number of rotatable bonds is 4. The summed E-state index contributed by atoms with van der Waals surface area (Å²) in [6, 6.07) is 9.92. The Morgan fingerprint density at radius 1 is 1.32 bits per heavy atom. The van der Waals surface area contributed by atoms with Crippen molar-refractivity contribution in [3.63, 3.8) is 0 Å². The predicted octanol–water partition coefficient (Wildman–Crippen LogP) is 2.11. The van der Waals surface area contributed by atoms with E-state index >= 15 is 0 Å². The fourth-order valence-corrected chi connectivity index (χ4v) is 2.48. The molecule has 8 nitrogen and oxygen atoms in total. The smallest absolute Gasteiger partial charge is 0.404 e. The molecule has 1 unspecified atom stereocenters. The number of methoxy groups -OCH3 is 1. The maximum Gasteiger partial charge on any atom is 0.404 e. The van der Waals surface area contributed by atoms with Crippen LogP contribution in [0.5, 0.6) is 5.75 Å². The van der Waals surface area contributed by atoms with Gasteiger partial charge in [-0.25, -0.2) is 4.79 Å². The first-order chi connectivity index (χ1) is 13.3. The molecule has 0 saturated carbocycles. The number of nitrogens with one attached hydrogen (secondary N) is 2. The van der Waals surface area contributed by atoms with Crippen molar-refractivity contribution in [2.75, 3.05) is 26.7 Å². The van der Waals surface area contributed by atoms with Crippen LogP contribution in [0.1, 0.15) is 23.4 Å². The van der Waals surface area contributed by atoms with E-state index in [-0.39, 0.29) is 6.10 Å². The molecule has 1 aliphatic heterocycles. The molecule has 28 heavy (non-hydrogen) atoms. The number of benzene rings is 1. The quantitative estimate of drug-likeness (QED) is 0.635. The van der Waals surface area contributed by atoms with E-state index in [0.717, 1.165) is 36.6 Å². The second-order valence-electron chi connectivity index (χ2n) is 6.55. The van der Waals surface area contributed by atoms with E-state index in [1.165, 1.54) is 5.56 Å². The van der Waals surface area contributed by atoms with Crippen LogP contribution in [-0.2, 0) is 6.54 Å². The van der Waals surface area contributed by atoms with E-state index in [2.05, 4.69) is 22.7 Å². The Balaban J connectivity index is 0.000000226. The van der Waals surface area contributed by atoms with Gasteiger partial charge in [0.05, 0.1) is 25.5 Å². The van der Waals surface area contributed by atoms with Gasteiger partial charge in [0, 0.05) is 18.8 Å². The molecule has 0 bridgehead atoms. The van der Waals surface area contributed by atoms with Crippen LogP contribution in [-0.4, -0.2) is 58.9 Å². The van der Waals surface area contributed by atoms with Gasteiger partial charge in [-0.2, -0.15) is 5.10 Å². The number of aliphatic hydroxyl groups excluding tert-OH is 1. The first kappa shape index (κ1) is 23.5. The number of carbonyl (C=O) groups is 1. The summed E-state index contributed by atoms with van der Waals surface area (Å²) in [5.74, 6) is 0.917. The lowest BCUT2D eigenvalue weighted by molar-refractivity contribution is 0.193. The van der Waals surface area contributed by atoms with Gasteiger partial charge in [-0.15, -0.1) is 0 Å². The van der Waals surface area contributed by atoms with Gasteiger partial charge in [0.2, 0.25) is 0 Å². The van der Waals surface area contributed by atoms with Crippen LogP contribution >= 0.6 is 0 Å². The minimum atomic E-state index is -0.999. The lowest BCUT2D eigenvalue weighted by atomic mass is 10.2. The SMILES string of the molecule is COc1ccc(C)cc1.Cc1cc(C)n(CCNC(=O)O)n1.OC1CCNC1. The maximum atomic E-state index is 10.1. The Bertz CT molecular complexity index is 695. The zero-order chi connectivity index (χ0) is 20.9. The van der Waals surface area contributed by atoms with E-state index in [1.54, 1.807) is 11.8 Å². The summed E-state index contributed by atoms with van der Waals surface area (Å²) in [7, 11) is 1.67. The monoisotopic (exact) mass is 392 g/mol. The Kier molecular flexibility index (Phi) is 10.7. The maximum absolute atomic E-state index is 10.1. The average molecular weight is 393 g/mol. The molecule has 3 rings (SSSR count). The van der Waals surface area contributed by atoms with Crippen LogP contribution in [0.15, 0.2) is 30.3 Å². The van der Waals surface area contributed by atoms with Crippen molar-refractivity contribution in [1.82, 2.24) is 20.4 Å². The van der Waals surface area contributed by atoms with Crippen LogP contribution in [0.25, 0.3) is 0 Å². The molecule has 156 valence electrons. The number of amides is 1. The van der Waals surface area contributed by atoms with E-state index in [1.807, 2.05) is 44.2 Å². The van der Waals surface area contributed by atoms with Crippen LogP contribution in [0.4, 0.5) is 4.79 Å². The molecule has 1 aliphatic rings. The molecule has 1 saturated heterocycles. The van der Waals surface area contributed by atoms with Gasteiger partial charge in [-0.1, -0.05) is 17.7 Å². The second kappa shape index (κ2) is 12.7. The standard InChI is InChI=1S/C8H13N3O2.C8H10O.C4H9NO/c1-6-5-7(2)11(10-6)4-3-9-8(12)13;1-7-3-5-8(9-2)6-4-7;6-4-1-2-5-3-4/h5,9H,3-4H2,1-2H3,(H,12,13);3-6H,1-2H3;4-6H,1-3H2. The largest absolute Gasteiger partial charge is 0.497 e. The normalized spacial score (nSPS) is 15.0. The Morgan fingerprint density at radius 3 is 2.39 bits per heavy atom. The first-order valence-corrected chi connectivity index (χ1v) is 9.29. The number of β-amino-alcohol motifs (C(OH)–C–C–N with tert-alkyl or cyclic N) is 1. The summed E-state index contributed by atoms with van der Waals surface area (Å²) in [6.07, 6.45) is -0.133. The molecule has 1 aromatic heterocycles. The van der Waals surface area contributed by atoms with E-state index in [9.17, 15) is 4.79 Å². The van der Waals surface area contributed by atoms with Gasteiger partial charge < -0.3 is 25.6 Å². The molecule has 1 fully saturated rings. The lowest BCUT2D eigenvalue weighted by Gasteiger charge is -2.03. The zero-order valence-corrected chi connectivity index (χ0v) is 17.1. The summed E-state index contributed by atoms with van der Waals surface area (Å²) >= 11 is 0.